The Balaban J connectivity index is 2.29. The van der Waals surface area contributed by atoms with Crippen LogP contribution in [0.25, 0.3) is 0 Å². The van der Waals surface area contributed by atoms with Crippen LogP contribution in [-0.2, 0) is 10.0 Å². The Morgan fingerprint density at radius 3 is 2.74 bits per heavy atom. The predicted octanol–water partition coefficient (Wildman–Crippen LogP) is 0.799. The molecule has 106 valence electrons. The third-order valence-corrected chi connectivity index (χ3v) is 5.29. The molecule has 1 aliphatic heterocycles. The average molecular weight is 288 g/mol. The molecule has 0 aliphatic carbocycles. The fourth-order valence-electron chi connectivity index (χ4n) is 2.13. The number of hydrogen-bond acceptors (Lipinski definition) is 4. The van der Waals surface area contributed by atoms with E-state index in [1.807, 2.05) is 0 Å². The van der Waals surface area contributed by atoms with E-state index in [1.165, 1.54) is 16.4 Å². The van der Waals surface area contributed by atoms with Gasteiger partial charge >= 0.3 is 0 Å². The van der Waals surface area contributed by atoms with Gasteiger partial charge in [-0.05, 0) is 30.5 Å². The maximum atomic E-state index is 13.4. The Morgan fingerprint density at radius 1 is 1.47 bits per heavy atom. The fourth-order valence-corrected chi connectivity index (χ4v) is 3.70. The molecule has 1 heterocycles. The summed E-state index contributed by atoms with van der Waals surface area (Å²) in [5.41, 5.74) is 5.25. The van der Waals surface area contributed by atoms with Crippen LogP contribution in [0.1, 0.15) is 13.3 Å². The zero-order valence-corrected chi connectivity index (χ0v) is 11.4. The standard InChI is InChI=1S/C12H17FN2O3S/c1-8-7-15(5-4-12(8)16)19(17,18)9-2-3-11(14)10(13)6-9/h2-3,6,8,12,16H,4-5,7,14H2,1H3. The molecular weight excluding hydrogens is 271 g/mol. The minimum absolute atomic E-state index is 0.0821. The number of piperidine rings is 1. The molecule has 3 N–H and O–H groups in total. The second kappa shape index (κ2) is 5.07. The molecule has 2 unspecified atom stereocenters. The van der Waals surface area contributed by atoms with Crippen molar-refractivity contribution >= 4 is 15.7 Å². The van der Waals surface area contributed by atoms with Gasteiger partial charge in [0.25, 0.3) is 0 Å². The van der Waals surface area contributed by atoms with Gasteiger partial charge in [-0.15, -0.1) is 0 Å². The van der Waals surface area contributed by atoms with E-state index in [0.717, 1.165) is 6.07 Å². The van der Waals surface area contributed by atoms with Crippen molar-refractivity contribution < 1.29 is 17.9 Å². The van der Waals surface area contributed by atoms with Gasteiger partial charge in [-0.1, -0.05) is 6.92 Å². The smallest absolute Gasteiger partial charge is 0.243 e. The zero-order valence-electron chi connectivity index (χ0n) is 10.6. The Bertz CT molecular complexity index is 576. The summed E-state index contributed by atoms with van der Waals surface area (Å²) in [6.45, 7) is 2.26. The van der Waals surface area contributed by atoms with Crippen LogP contribution in [0.15, 0.2) is 23.1 Å². The summed E-state index contributed by atoms with van der Waals surface area (Å²) in [6, 6.07) is 3.47. The predicted molar refractivity (Wildman–Crippen MR) is 69.4 cm³/mol. The minimum atomic E-state index is -3.73. The highest BCUT2D eigenvalue weighted by molar-refractivity contribution is 7.89. The molecule has 2 atom stereocenters. The van der Waals surface area contributed by atoms with Gasteiger partial charge in [0.2, 0.25) is 10.0 Å². The lowest BCUT2D eigenvalue weighted by Crippen LogP contribution is -2.44. The zero-order chi connectivity index (χ0) is 14.2. The molecule has 0 radical (unpaired) electrons. The van der Waals surface area contributed by atoms with Gasteiger partial charge < -0.3 is 10.8 Å². The lowest BCUT2D eigenvalue weighted by molar-refractivity contribution is 0.0628. The van der Waals surface area contributed by atoms with Crippen LogP contribution >= 0.6 is 0 Å². The summed E-state index contributed by atoms with van der Waals surface area (Å²) < 4.78 is 39.3. The van der Waals surface area contributed by atoms with E-state index in [4.69, 9.17) is 5.73 Å². The van der Waals surface area contributed by atoms with E-state index >= 15 is 0 Å². The molecule has 19 heavy (non-hydrogen) atoms. The summed E-state index contributed by atoms with van der Waals surface area (Å²) in [4.78, 5) is -0.109. The maximum absolute atomic E-state index is 13.4. The maximum Gasteiger partial charge on any atom is 0.243 e. The summed E-state index contributed by atoms with van der Waals surface area (Å²) >= 11 is 0. The first-order valence-corrected chi connectivity index (χ1v) is 7.49. The van der Waals surface area contributed by atoms with Crippen LogP contribution in [0.3, 0.4) is 0 Å². The number of halogens is 1. The van der Waals surface area contributed by atoms with E-state index < -0.39 is 21.9 Å². The second-order valence-corrected chi connectivity index (χ2v) is 6.82. The van der Waals surface area contributed by atoms with Crippen LogP contribution in [0.4, 0.5) is 10.1 Å². The normalized spacial score (nSPS) is 25.4. The van der Waals surface area contributed by atoms with Crippen molar-refractivity contribution in [2.45, 2.75) is 24.3 Å². The van der Waals surface area contributed by atoms with Gasteiger partial charge in [0.1, 0.15) is 5.82 Å². The molecule has 1 saturated heterocycles. The molecule has 0 spiro atoms. The van der Waals surface area contributed by atoms with E-state index in [9.17, 15) is 17.9 Å². The first-order chi connectivity index (χ1) is 8.82. The number of sulfonamides is 1. The van der Waals surface area contributed by atoms with Crippen LogP contribution in [0, 0.1) is 11.7 Å². The number of benzene rings is 1. The summed E-state index contributed by atoms with van der Waals surface area (Å²) in [6.07, 6.45) is -0.104. The van der Waals surface area contributed by atoms with E-state index in [1.54, 1.807) is 6.92 Å². The highest BCUT2D eigenvalue weighted by atomic mass is 32.2. The third kappa shape index (κ3) is 2.72. The number of hydrogen-bond donors (Lipinski definition) is 2. The Hall–Kier alpha value is -1.18. The Morgan fingerprint density at radius 2 is 2.16 bits per heavy atom. The molecule has 1 fully saturated rings. The number of nitrogens with zero attached hydrogens (tertiary/aromatic N) is 1. The number of nitrogens with two attached hydrogens (primary N) is 1. The second-order valence-electron chi connectivity index (χ2n) is 4.88. The number of nitrogen functional groups attached to an aromatic ring is 1. The van der Waals surface area contributed by atoms with E-state index in [2.05, 4.69) is 0 Å². The van der Waals surface area contributed by atoms with Crippen molar-refractivity contribution in [3.8, 4) is 0 Å². The molecular formula is C12H17FN2O3S. The lowest BCUT2D eigenvalue weighted by atomic mass is 9.99. The van der Waals surface area contributed by atoms with Gasteiger partial charge in [-0.25, -0.2) is 12.8 Å². The monoisotopic (exact) mass is 288 g/mol. The number of aliphatic hydroxyl groups excluding tert-OH is 1. The van der Waals surface area contributed by atoms with Crippen molar-refractivity contribution in [3.05, 3.63) is 24.0 Å². The largest absolute Gasteiger partial charge is 0.396 e. The molecule has 0 bridgehead atoms. The van der Waals surface area contributed by atoms with Gasteiger partial charge in [0, 0.05) is 13.1 Å². The average Bonchev–Trinajstić information content (AvgIpc) is 2.35. The van der Waals surface area contributed by atoms with Gasteiger partial charge in [-0.2, -0.15) is 4.31 Å². The van der Waals surface area contributed by atoms with E-state index in [0.29, 0.717) is 6.42 Å². The van der Waals surface area contributed by atoms with Crippen molar-refractivity contribution in [2.75, 3.05) is 18.8 Å². The lowest BCUT2D eigenvalue weighted by Gasteiger charge is -2.33. The summed E-state index contributed by atoms with van der Waals surface area (Å²) in [5.74, 6) is -0.881. The number of rotatable bonds is 2. The first kappa shape index (κ1) is 14.2. The Kier molecular flexibility index (Phi) is 3.80. The molecule has 0 amide bonds. The summed E-state index contributed by atoms with van der Waals surface area (Å²) in [7, 11) is -3.73. The minimum Gasteiger partial charge on any atom is -0.396 e. The molecule has 7 heteroatoms. The number of anilines is 1. The molecule has 1 aliphatic rings. The third-order valence-electron chi connectivity index (χ3n) is 3.43. The van der Waals surface area contributed by atoms with Crippen molar-refractivity contribution in [1.29, 1.82) is 0 Å². The van der Waals surface area contributed by atoms with Gasteiger partial charge in [-0.3, -0.25) is 0 Å². The molecule has 0 aromatic heterocycles. The SMILES string of the molecule is CC1CN(S(=O)(=O)c2ccc(N)c(F)c2)CCC1O. The highest BCUT2D eigenvalue weighted by Crippen LogP contribution is 2.25. The van der Waals surface area contributed by atoms with Crippen LogP contribution in [-0.4, -0.2) is 37.0 Å². The van der Waals surface area contributed by atoms with Crippen molar-refractivity contribution in [1.82, 2.24) is 4.31 Å². The van der Waals surface area contributed by atoms with Crippen LogP contribution < -0.4 is 5.73 Å². The van der Waals surface area contributed by atoms with Crippen molar-refractivity contribution in [2.24, 2.45) is 5.92 Å². The topological polar surface area (TPSA) is 83.6 Å². The van der Waals surface area contributed by atoms with Crippen LogP contribution in [0.2, 0.25) is 0 Å². The first-order valence-electron chi connectivity index (χ1n) is 6.05. The quantitative estimate of drug-likeness (QED) is 0.788. The van der Waals surface area contributed by atoms with Crippen LogP contribution in [0.5, 0.6) is 0 Å². The highest BCUT2D eigenvalue weighted by Gasteiger charge is 2.32. The summed E-state index contributed by atoms with van der Waals surface area (Å²) in [5, 5.41) is 9.61. The van der Waals surface area contributed by atoms with Crippen molar-refractivity contribution in [3.63, 3.8) is 0 Å². The molecule has 5 nitrogen and oxygen atoms in total. The molecule has 2 rings (SSSR count). The van der Waals surface area contributed by atoms with E-state index in [-0.39, 0.29) is 29.6 Å². The molecule has 1 aromatic rings. The molecule has 1 aromatic carbocycles. The number of aliphatic hydroxyl groups is 1. The van der Waals surface area contributed by atoms with Gasteiger partial charge in [0.15, 0.2) is 0 Å². The van der Waals surface area contributed by atoms with Gasteiger partial charge in [0.05, 0.1) is 16.7 Å². The Labute approximate surface area is 111 Å². The fraction of sp³-hybridized carbons (Fsp3) is 0.500. The molecule has 0 saturated carbocycles.